The van der Waals surface area contributed by atoms with Gasteiger partial charge in [0.2, 0.25) is 5.89 Å². The van der Waals surface area contributed by atoms with E-state index < -0.39 is 0 Å². The minimum atomic E-state index is -0.383. The number of hydrogen-bond acceptors (Lipinski definition) is 3. The molecule has 0 amide bonds. The van der Waals surface area contributed by atoms with Crippen LogP contribution in [-0.2, 0) is 0 Å². The van der Waals surface area contributed by atoms with E-state index in [1.807, 2.05) is 36.4 Å². The predicted octanol–water partition coefficient (Wildman–Crippen LogP) is 3.62. The average Bonchev–Trinajstić information content (AvgIpc) is 2.39. The van der Waals surface area contributed by atoms with Crippen LogP contribution in [0.1, 0.15) is 0 Å². The van der Waals surface area contributed by atoms with Gasteiger partial charge in [0.25, 0.3) is 0 Å². The molecule has 0 aliphatic carbocycles. The van der Waals surface area contributed by atoms with Crippen LogP contribution in [0, 0.1) is 0 Å². The van der Waals surface area contributed by atoms with Crippen molar-refractivity contribution in [2.45, 2.75) is 0 Å². The highest BCUT2D eigenvalue weighted by Gasteiger charge is 2.10. The summed E-state index contributed by atoms with van der Waals surface area (Å²) in [5.41, 5.74) is 1.03. The summed E-state index contributed by atoms with van der Waals surface area (Å²) in [7, 11) is 0. The van der Waals surface area contributed by atoms with Gasteiger partial charge in [0.1, 0.15) is 5.39 Å². The molecular weight excluding hydrogens is 294 g/mol. The normalized spacial score (nSPS) is 10.7. The van der Waals surface area contributed by atoms with Crippen molar-refractivity contribution in [3.63, 3.8) is 0 Å². The van der Waals surface area contributed by atoms with Crippen LogP contribution in [0.2, 0.25) is 0 Å². The molecular formula is C14H8BrNO2. The summed E-state index contributed by atoms with van der Waals surface area (Å²) in [5.74, 6) is 0.339. The third kappa shape index (κ3) is 1.84. The molecule has 0 aliphatic heterocycles. The van der Waals surface area contributed by atoms with E-state index in [1.54, 1.807) is 12.1 Å². The van der Waals surface area contributed by atoms with Gasteiger partial charge in [0.15, 0.2) is 0 Å². The second-order valence-electron chi connectivity index (χ2n) is 3.81. The molecule has 2 aromatic carbocycles. The van der Waals surface area contributed by atoms with E-state index in [-0.39, 0.29) is 5.63 Å². The largest absolute Gasteiger partial charge is 0.403 e. The standard InChI is InChI=1S/C14H8BrNO2/c15-10-7-4-8-11-12(10)14(17)18-13(16-11)9-5-2-1-3-6-9/h1-8H. The maximum atomic E-state index is 12.0. The minimum absolute atomic E-state index is 0.339. The summed E-state index contributed by atoms with van der Waals surface area (Å²) in [5, 5.41) is 0.470. The lowest BCUT2D eigenvalue weighted by molar-refractivity contribution is 0.518. The lowest BCUT2D eigenvalue weighted by Crippen LogP contribution is -2.03. The zero-order valence-corrected chi connectivity index (χ0v) is 10.8. The first-order chi connectivity index (χ1) is 8.75. The molecule has 1 aromatic heterocycles. The topological polar surface area (TPSA) is 43.1 Å². The number of nitrogens with zero attached hydrogens (tertiary/aromatic N) is 1. The van der Waals surface area contributed by atoms with Gasteiger partial charge in [0, 0.05) is 10.0 Å². The molecule has 0 N–H and O–H groups in total. The van der Waals surface area contributed by atoms with E-state index in [0.29, 0.717) is 21.3 Å². The molecule has 0 bridgehead atoms. The summed E-state index contributed by atoms with van der Waals surface area (Å²) in [6.07, 6.45) is 0. The average molecular weight is 302 g/mol. The van der Waals surface area contributed by atoms with Crippen molar-refractivity contribution in [2.24, 2.45) is 0 Å². The molecule has 3 rings (SSSR count). The number of halogens is 1. The summed E-state index contributed by atoms with van der Waals surface area (Å²) < 4.78 is 5.96. The number of rotatable bonds is 1. The van der Waals surface area contributed by atoms with Crippen LogP contribution >= 0.6 is 15.9 Å². The van der Waals surface area contributed by atoms with Gasteiger partial charge >= 0.3 is 5.63 Å². The van der Waals surface area contributed by atoms with Crippen molar-refractivity contribution in [1.82, 2.24) is 4.98 Å². The van der Waals surface area contributed by atoms with Gasteiger partial charge in [0.05, 0.1) is 5.52 Å². The number of fused-ring (bicyclic) bond motifs is 1. The van der Waals surface area contributed by atoms with Crippen LogP contribution in [-0.4, -0.2) is 4.98 Å². The minimum Gasteiger partial charge on any atom is -0.403 e. The molecule has 0 atom stereocenters. The lowest BCUT2D eigenvalue weighted by atomic mass is 10.2. The third-order valence-electron chi connectivity index (χ3n) is 2.63. The maximum absolute atomic E-state index is 12.0. The molecule has 3 aromatic rings. The van der Waals surface area contributed by atoms with Crippen molar-refractivity contribution >= 4 is 26.8 Å². The van der Waals surface area contributed by atoms with Crippen LogP contribution in [0.15, 0.2) is 62.2 Å². The summed E-state index contributed by atoms with van der Waals surface area (Å²) in [6.45, 7) is 0. The lowest BCUT2D eigenvalue weighted by Gasteiger charge is -2.02. The van der Waals surface area contributed by atoms with Crippen molar-refractivity contribution in [2.75, 3.05) is 0 Å². The van der Waals surface area contributed by atoms with E-state index in [1.165, 1.54) is 0 Å². The van der Waals surface area contributed by atoms with Crippen molar-refractivity contribution < 1.29 is 4.42 Å². The van der Waals surface area contributed by atoms with E-state index >= 15 is 0 Å². The summed E-state index contributed by atoms with van der Waals surface area (Å²) >= 11 is 3.33. The first-order valence-corrected chi connectivity index (χ1v) is 6.20. The Balaban J connectivity index is 2.33. The molecule has 0 aliphatic rings. The SMILES string of the molecule is O=c1oc(-c2ccccc2)nc2cccc(Br)c12. The molecule has 0 saturated heterocycles. The van der Waals surface area contributed by atoms with E-state index in [2.05, 4.69) is 20.9 Å². The molecule has 4 heteroatoms. The fraction of sp³-hybridized carbons (Fsp3) is 0. The molecule has 1 heterocycles. The molecule has 88 valence electrons. The zero-order valence-electron chi connectivity index (χ0n) is 9.26. The highest BCUT2D eigenvalue weighted by Crippen LogP contribution is 2.22. The fourth-order valence-corrected chi connectivity index (χ4v) is 2.30. The first kappa shape index (κ1) is 11.2. The Hall–Kier alpha value is -1.94. The Bertz CT molecular complexity index is 766. The monoisotopic (exact) mass is 301 g/mol. The van der Waals surface area contributed by atoms with Gasteiger partial charge in [-0.15, -0.1) is 0 Å². The fourth-order valence-electron chi connectivity index (χ4n) is 1.78. The van der Waals surface area contributed by atoms with Crippen LogP contribution < -0.4 is 5.63 Å². The molecule has 0 fully saturated rings. The second kappa shape index (κ2) is 4.38. The zero-order chi connectivity index (χ0) is 12.5. The highest BCUT2D eigenvalue weighted by molar-refractivity contribution is 9.10. The van der Waals surface area contributed by atoms with Crippen molar-refractivity contribution in [3.05, 3.63) is 63.4 Å². The Morgan fingerprint density at radius 2 is 1.78 bits per heavy atom. The third-order valence-corrected chi connectivity index (χ3v) is 3.29. The van der Waals surface area contributed by atoms with Gasteiger partial charge in [-0.1, -0.05) is 24.3 Å². The van der Waals surface area contributed by atoms with Gasteiger partial charge in [-0.25, -0.2) is 9.78 Å². The second-order valence-corrected chi connectivity index (χ2v) is 4.66. The Morgan fingerprint density at radius 3 is 2.56 bits per heavy atom. The maximum Gasteiger partial charge on any atom is 0.348 e. The van der Waals surface area contributed by atoms with Crippen LogP contribution in [0.25, 0.3) is 22.4 Å². The van der Waals surface area contributed by atoms with Crippen molar-refractivity contribution in [3.8, 4) is 11.5 Å². The molecule has 0 radical (unpaired) electrons. The van der Waals surface area contributed by atoms with Crippen LogP contribution in [0.4, 0.5) is 0 Å². The van der Waals surface area contributed by atoms with Gasteiger partial charge in [-0.3, -0.25) is 0 Å². The van der Waals surface area contributed by atoms with Gasteiger partial charge < -0.3 is 4.42 Å². The Labute approximate surface area is 111 Å². The Morgan fingerprint density at radius 1 is 1.00 bits per heavy atom. The molecule has 18 heavy (non-hydrogen) atoms. The number of hydrogen-bond donors (Lipinski definition) is 0. The first-order valence-electron chi connectivity index (χ1n) is 5.40. The molecule has 0 unspecified atom stereocenters. The molecule has 3 nitrogen and oxygen atoms in total. The summed E-state index contributed by atoms with van der Waals surface area (Å²) in [6, 6.07) is 14.8. The quantitative estimate of drug-likeness (QED) is 0.689. The van der Waals surface area contributed by atoms with Crippen LogP contribution in [0.3, 0.4) is 0 Å². The smallest absolute Gasteiger partial charge is 0.348 e. The van der Waals surface area contributed by atoms with E-state index in [4.69, 9.17) is 4.42 Å². The van der Waals surface area contributed by atoms with E-state index in [9.17, 15) is 4.79 Å². The van der Waals surface area contributed by atoms with Gasteiger partial charge in [-0.2, -0.15) is 0 Å². The molecule has 0 saturated carbocycles. The van der Waals surface area contributed by atoms with Crippen molar-refractivity contribution in [1.29, 1.82) is 0 Å². The predicted molar refractivity (Wildman–Crippen MR) is 73.4 cm³/mol. The van der Waals surface area contributed by atoms with Crippen LogP contribution in [0.5, 0.6) is 0 Å². The summed E-state index contributed by atoms with van der Waals surface area (Å²) in [4.78, 5) is 16.3. The highest BCUT2D eigenvalue weighted by atomic mass is 79.9. The Kier molecular flexibility index (Phi) is 2.72. The number of benzene rings is 2. The molecule has 0 spiro atoms. The van der Waals surface area contributed by atoms with E-state index in [0.717, 1.165) is 5.56 Å². The van der Waals surface area contributed by atoms with Gasteiger partial charge in [-0.05, 0) is 40.2 Å². The number of aromatic nitrogens is 1.